The van der Waals surface area contributed by atoms with Crippen LogP contribution in [0.2, 0.25) is 0 Å². The van der Waals surface area contributed by atoms with E-state index < -0.39 is 5.97 Å². The summed E-state index contributed by atoms with van der Waals surface area (Å²) in [6.45, 7) is 0. The Morgan fingerprint density at radius 1 is 0.958 bits per heavy atom. The summed E-state index contributed by atoms with van der Waals surface area (Å²) in [4.78, 5) is 11.6. The average molecular weight is 324 g/mol. The smallest absolute Gasteiger partial charge is 0.354 e. The molecule has 2 aromatic carbocycles. The number of hydrogen-bond acceptors (Lipinski definition) is 4. The van der Waals surface area contributed by atoms with E-state index in [1.807, 2.05) is 24.3 Å². The molecule has 24 heavy (non-hydrogen) atoms. The van der Waals surface area contributed by atoms with Gasteiger partial charge in [0.1, 0.15) is 11.5 Å². The first-order valence-electron chi connectivity index (χ1n) is 7.24. The lowest BCUT2D eigenvalue weighted by Crippen LogP contribution is -2.07. The predicted octanol–water partition coefficient (Wildman–Crippen LogP) is 3.25. The zero-order chi connectivity index (χ0) is 17.1. The normalized spacial score (nSPS) is 10.4. The molecule has 0 saturated carbocycles. The highest BCUT2D eigenvalue weighted by molar-refractivity contribution is 5.88. The fraction of sp³-hybridized carbons (Fsp3) is 0.111. The van der Waals surface area contributed by atoms with Gasteiger partial charge in [-0.1, -0.05) is 0 Å². The molecule has 0 aliphatic carbocycles. The first kappa shape index (κ1) is 15.6. The van der Waals surface area contributed by atoms with Crippen LogP contribution < -0.4 is 9.47 Å². The first-order valence-corrected chi connectivity index (χ1v) is 7.24. The van der Waals surface area contributed by atoms with Crippen LogP contribution in [0.4, 0.5) is 0 Å². The van der Waals surface area contributed by atoms with E-state index in [4.69, 9.17) is 9.47 Å². The maximum atomic E-state index is 11.6. The number of ether oxygens (including phenoxy) is 2. The zero-order valence-corrected chi connectivity index (χ0v) is 13.3. The predicted molar refractivity (Wildman–Crippen MR) is 89.1 cm³/mol. The van der Waals surface area contributed by atoms with Crippen molar-refractivity contribution in [1.29, 1.82) is 0 Å². The Kier molecular flexibility index (Phi) is 4.20. The van der Waals surface area contributed by atoms with Gasteiger partial charge in [-0.25, -0.2) is 9.48 Å². The molecule has 1 heterocycles. The molecule has 0 aliphatic rings. The van der Waals surface area contributed by atoms with E-state index in [0.29, 0.717) is 17.1 Å². The van der Waals surface area contributed by atoms with Gasteiger partial charge in [-0.15, -0.1) is 0 Å². The molecule has 0 aliphatic heterocycles. The molecular weight excluding hydrogens is 308 g/mol. The first-order chi connectivity index (χ1) is 11.6. The molecule has 0 amide bonds. The maximum Gasteiger partial charge on any atom is 0.354 e. The number of carbonyl (C=O) groups is 1. The fourth-order valence-electron chi connectivity index (χ4n) is 2.36. The minimum absolute atomic E-state index is 0.0889. The van der Waals surface area contributed by atoms with Crippen molar-refractivity contribution < 1.29 is 19.4 Å². The fourth-order valence-corrected chi connectivity index (χ4v) is 2.36. The Hall–Kier alpha value is -3.28. The molecule has 3 aromatic rings. The van der Waals surface area contributed by atoms with Crippen LogP contribution in [-0.2, 0) is 0 Å². The molecular formula is C18H16N2O4. The summed E-state index contributed by atoms with van der Waals surface area (Å²) in [5.74, 6) is 0.378. The SMILES string of the molecule is COc1ccc(-c2cc(C(=O)O)n(-c3ccc(OC)cc3)n2)cc1. The number of methoxy groups -OCH3 is 2. The van der Waals surface area contributed by atoms with Gasteiger partial charge in [0.25, 0.3) is 0 Å². The monoisotopic (exact) mass is 324 g/mol. The van der Waals surface area contributed by atoms with Gasteiger partial charge in [0.2, 0.25) is 0 Å². The second-order valence-electron chi connectivity index (χ2n) is 5.06. The molecule has 6 heteroatoms. The van der Waals surface area contributed by atoms with E-state index in [-0.39, 0.29) is 5.69 Å². The number of carboxylic acids is 1. The highest BCUT2D eigenvalue weighted by atomic mass is 16.5. The number of hydrogen-bond donors (Lipinski definition) is 1. The van der Waals surface area contributed by atoms with Crippen molar-refractivity contribution in [2.45, 2.75) is 0 Å². The van der Waals surface area contributed by atoms with Crippen LogP contribution in [0, 0.1) is 0 Å². The highest BCUT2D eigenvalue weighted by Crippen LogP contribution is 2.24. The third-order valence-electron chi connectivity index (χ3n) is 3.63. The second-order valence-corrected chi connectivity index (χ2v) is 5.06. The molecule has 0 spiro atoms. The molecule has 0 atom stereocenters. The molecule has 1 aromatic heterocycles. The van der Waals surface area contributed by atoms with Gasteiger partial charge in [0.05, 0.1) is 25.6 Å². The van der Waals surface area contributed by atoms with Gasteiger partial charge in [-0.05, 0) is 54.6 Å². The van der Waals surface area contributed by atoms with E-state index in [1.165, 1.54) is 4.68 Å². The Bertz CT molecular complexity index is 852. The van der Waals surface area contributed by atoms with Crippen molar-refractivity contribution >= 4 is 5.97 Å². The highest BCUT2D eigenvalue weighted by Gasteiger charge is 2.16. The molecule has 1 N–H and O–H groups in total. The maximum absolute atomic E-state index is 11.6. The van der Waals surface area contributed by atoms with E-state index in [2.05, 4.69) is 5.10 Å². The molecule has 0 saturated heterocycles. The van der Waals surface area contributed by atoms with Gasteiger partial charge < -0.3 is 14.6 Å². The lowest BCUT2D eigenvalue weighted by molar-refractivity contribution is 0.0687. The lowest BCUT2D eigenvalue weighted by atomic mass is 10.1. The second kappa shape index (κ2) is 6.45. The Morgan fingerprint density at radius 2 is 1.50 bits per heavy atom. The number of aromatic carboxylic acids is 1. The van der Waals surface area contributed by atoms with Crippen molar-refractivity contribution in [3.05, 3.63) is 60.3 Å². The summed E-state index contributed by atoms with van der Waals surface area (Å²) in [6, 6.07) is 15.9. The van der Waals surface area contributed by atoms with Crippen molar-refractivity contribution in [2.75, 3.05) is 14.2 Å². The molecule has 0 unspecified atom stereocenters. The minimum Gasteiger partial charge on any atom is -0.497 e. The van der Waals surface area contributed by atoms with Crippen LogP contribution in [0.25, 0.3) is 16.9 Å². The summed E-state index contributed by atoms with van der Waals surface area (Å²) in [5.41, 5.74) is 2.12. The van der Waals surface area contributed by atoms with Gasteiger partial charge in [-0.3, -0.25) is 0 Å². The van der Waals surface area contributed by atoms with E-state index in [9.17, 15) is 9.90 Å². The van der Waals surface area contributed by atoms with Gasteiger partial charge in [0, 0.05) is 5.56 Å². The Morgan fingerprint density at radius 3 is 2.00 bits per heavy atom. The van der Waals surface area contributed by atoms with E-state index >= 15 is 0 Å². The van der Waals surface area contributed by atoms with E-state index in [1.54, 1.807) is 44.6 Å². The number of rotatable bonds is 5. The topological polar surface area (TPSA) is 73.6 Å². The van der Waals surface area contributed by atoms with Crippen LogP contribution in [0.1, 0.15) is 10.5 Å². The Balaban J connectivity index is 2.05. The van der Waals surface area contributed by atoms with Crippen LogP contribution >= 0.6 is 0 Å². The number of nitrogens with zero attached hydrogens (tertiary/aromatic N) is 2. The molecule has 0 bridgehead atoms. The summed E-state index contributed by atoms with van der Waals surface area (Å²) < 4.78 is 11.7. The minimum atomic E-state index is -1.04. The number of carboxylic acid groups (broad SMARTS) is 1. The third kappa shape index (κ3) is 2.94. The molecule has 6 nitrogen and oxygen atoms in total. The summed E-state index contributed by atoms with van der Waals surface area (Å²) >= 11 is 0. The summed E-state index contributed by atoms with van der Waals surface area (Å²) in [7, 11) is 3.17. The van der Waals surface area contributed by atoms with Crippen LogP contribution in [0.3, 0.4) is 0 Å². The third-order valence-corrected chi connectivity index (χ3v) is 3.63. The molecule has 0 fully saturated rings. The number of benzene rings is 2. The quantitative estimate of drug-likeness (QED) is 0.780. The average Bonchev–Trinajstić information content (AvgIpc) is 3.07. The molecule has 122 valence electrons. The summed E-state index contributed by atoms with van der Waals surface area (Å²) in [6.07, 6.45) is 0. The van der Waals surface area contributed by atoms with Crippen molar-refractivity contribution in [3.63, 3.8) is 0 Å². The summed E-state index contributed by atoms with van der Waals surface area (Å²) in [5, 5.41) is 13.9. The molecule has 3 rings (SSSR count). The number of aromatic nitrogens is 2. The van der Waals surface area contributed by atoms with Crippen molar-refractivity contribution in [3.8, 4) is 28.4 Å². The van der Waals surface area contributed by atoms with Crippen molar-refractivity contribution in [1.82, 2.24) is 9.78 Å². The van der Waals surface area contributed by atoms with Crippen LogP contribution in [0.5, 0.6) is 11.5 Å². The Labute approximate surface area is 138 Å². The lowest BCUT2D eigenvalue weighted by Gasteiger charge is -2.05. The van der Waals surface area contributed by atoms with Crippen LogP contribution in [0.15, 0.2) is 54.6 Å². The zero-order valence-electron chi connectivity index (χ0n) is 13.3. The van der Waals surface area contributed by atoms with Crippen molar-refractivity contribution in [2.24, 2.45) is 0 Å². The van der Waals surface area contributed by atoms with Gasteiger partial charge >= 0.3 is 5.97 Å². The van der Waals surface area contributed by atoms with E-state index in [0.717, 1.165) is 11.3 Å². The molecule has 0 radical (unpaired) electrons. The van der Waals surface area contributed by atoms with Crippen LogP contribution in [-0.4, -0.2) is 35.1 Å². The standard InChI is InChI=1S/C18H16N2O4/c1-23-14-7-3-12(4-8-14)16-11-17(18(21)22)20(19-16)13-5-9-15(24-2)10-6-13/h3-11H,1-2H3,(H,21,22). The largest absolute Gasteiger partial charge is 0.497 e. The van der Waals surface area contributed by atoms with Gasteiger partial charge in [0.15, 0.2) is 5.69 Å². The van der Waals surface area contributed by atoms with Gasteiger partial charge in [-0.2, -0.15) is 5.10 Å².